The second kappa shape index (κ2) is 5.66. The fraction of sp³-hybridized carbons (Fsp3) is 0.333. The summed E-state index contributed by atoms with van der Waals surface area (Å²) in [6.45, 7) is 2.27. The Morgan fingerprint density at radius 1 is 1.50 bits per heavy atom. The van der Waals surface area contributed by atoms with Gasteiger partial charge in [0.15, 0.2) is 5.13 Å². The van der Waals surface area contributed by atoms with Crippen LogP contribution in [0.3, 0.4) is 0 Å². The summed E-state index contributed by atoms with van der Waals surface area (Å²) in [5, 5.41) is 3.62. The van der Waals surface area contributed by atoms with E-state index in [4.69, 9.17) is 0 Å². The maximum Gasteiger partial charge on any atom is 0.257 e. The molecular formula is C15H15BrN2OS. The van der Waals surface area contributed by atoms with Crippen molar-refractivity contribution in [1.29, 1.82) is 0 Å². The van der Waals surface area contributed by atoms with E-state index in [0.29, 0.717) is 10.7 Å². The number of nitrogens with zero attached hydrogens (tertiary/aromatic N) is 1. The van der Waals surface area contributed by atoms with Crippen LogP contribution in [0, 0.1) is 5.92 Å². The van der Waals surface area contributed by atoms with Gasteiger partial charge >= 0.3 is 0 Å². The van der Waals surface area contributed by atoms with E-state index < -0.39 is 0 Å². The van der Waals surface area contributed by atoms with E-state index in [0.717, 1.165) is 28.9 Å². The number of benzene rings is 1. The zero-order chi connectivity index (χ0) is 14.1. The van der Waals surface area contributed by atoms with Crippen molar-refractivity contribution in [1.82, 2.24) is 4.98 Å². The standard InChI is InChI=1S/C15H15BrN2OS/c1-9-5-6-12-13(7-9)20-15(17-12)18-14(19)10-3-2-4-11(16)8-10/h2-4,8-9H,5-7H2,1H3,(H,17,18,19). The number of carbonyl (C=O) groups excluding carboxylic acids is 1. The SMILES string of the molecule is CC1CCc2nc(NC(=O)c3cccc(Br)c3)sc2C1. The summed E-state index contributed by atoms with van der Waals surface area (Å²) in [7, 11) is 0. The third kappa shape index (κ3) is 2.94. The van der Waals surface area contributed by atoms with Crippen molar-refractivity contribution < 1.29 is 4.79 Å². The first kappa shape index (κ1) is 13.8. The molecule has 0 spiro atoms. The highest BCUT2D eigenvalue weighted by molar-refractivity contribution is 9.10. The van der Waals surface area contributed by atoms with Crippen LogP contribution in [-0.2, 0) is 12.8 Å². The number of fused-ring (bicyclic) bond motifs is 1. The Bertz CT molecular complexity index is 653. The molecule has 1 unspecified atom stereocenters. The highest BCUT2D eigenvalue weighted by atomic mass is 79.9. The molecule has 0 fully saturated rings. The van der Waals surface area contributed by atoms with Crippen molar-refractivity contribution >= 4 is 38.3 Å². The molecule has 1 aliphatic rings. The van der Waals surface area contributed by atoms with E-state index in [9.17, 15) is 4.79 Å². The predicted octanol–water partition coefficient (Wildman–Crippen LogP) is 4.28. The van der Waals surface area contributed by atoms with Gasteiger partial charge in [-0.2, -0.15) is 0 Å². The van der Waals surface area contributed by atoms with Gasteiger partial charge in [0.05, 0.1) is 5.69 Å². The summed E-state index contributed by atoms with van der Waals surface area (Å²) in [6, 6.07) is 7.37. The average Bonchev–Trinajstić information content (AvgIpc) is 2.80. The highest BCUT2D eigenvalue weighted by Gasteiger charge is 2.20. The average molecular weight is 351 g/mol. The minimum Gasteiger partial charge on any atom is -0.298 e. The van der Waals surface area contributed by atoms with Crippen LogP contribution in [0.15, 0.2) is 28.7 Å². The summed E-state index contributed by atoms with van der Waals surface area (Å²) >= 11 is 4.99. The molecule has 5 heteroatoms. The summed E-state index contributed by atoms with van der Waals surface area (Å²) < 4.78 is 0.900. The van der Waals surface area contributed by atoms with Gasteiger partial charge in [-0.1, -0.05) is 28.9 Å². The van der Waals surface area contributed by atoms with Gasteiger partial charge in [0.2, 0.25) is 0 Å². The van der Waals surface area contributed by atoms with Crippen molar-refractivity contribution in [3.8, 4) is 0 Å². The Labute approximate surface area is 130 Å². The Morgan fingerprint density at radius 3 is 3.15 bits per heavy atom. The smallest absolute Gasteiger partial charge is 0.257 e. The van der Waals surface area contributed by atoms with Gasteiger partial charge in [-0.25, -0.2) is 4.98 Å². The lowest BCUT2D eigenvalue weighted by Crippen LogP contribution is -2.11. The molecule has 2 aromatic rings. The van der Waals surface area contributed by atoms with E-state index in [1.165, 1.54) is 11.3 Å². The first-order valence-corrected chi connectivity index (χ1v) is 8.28. The molecular weight excluding hydrogens is 336 g/mol. The number of rotatable bonds is 2. The number of aryl methyl sites for hydroxylation is 1. The van der Waals surface area contributed by atoms with Gasteiger partial charge < -0.3 is 0 Å². The van der Waals surface area contributed by atoms with E-state index in [2.05, 4.69) is 33.2 Å². The molecule has 3 rings (SSSR count). The fourth-order valence-electron chi connectivity index (χ4n) is 2.39. The molecule has 0 saturated carbocycles. The first-order valence-electron chi connectivity index (χ1n) is 6.67. The van der Waals surface area contributed by atoms with Gasteiger partial charge in [0.25, 0.3) is 5.91 Å². The maximum atomic E-state index is 12.2. The number of anilines is 1. The summed E-state index contributed by atoms with van der Waals surface area (Å²) in [5.41, 5.74) is 1.80. The van der Waals surface area contributed by atoms with Crippen molar-refractivity contribution in [3.63, 3.8) is 0 Å². The van der Waals surface area contributed by atoms with Gasteiger partial charge in [0, 0.05) is 14.9 Å². The third-order valence-corrected chi connectivity index (χ3v) is 5.02. The highest BCUT2D eigenvalue weighted by Crippen LogP contribution is 2.32. The van der Waals surface area contributed by atoms with Gasteiger partial charge in [-0.15, -0.1) is 11.3 Å². The van der Waals surface area contributed by atoms with Gasteiger partial charge in [0.1, 0.15) is 0 Å². The van der Waals surface area contributed by atoms with Crippen LogP contribution in [0.1, 0.15) is 34.3 Å². The summed E-state index contributed by atoms with van der Waals surface area (Å²) in [5.74, 6) is 0.613. The van der Waals surface area contributed by atoms with Crippen LogP contribution in [-0.4, -0.2) is 10.9 Å². The fourth-order valence-corrected chi connectivity index (χ4v) is 3.96. The minimum absolute atomic E-state index is 0.106. The van der Waals surface area contributed by atoms with Crippen LogP contribution in [0.2, 0.25) is 0 Å². The second-order valence-corrected chi connectivity index (χ2v) is 7.20. The lowest BCUT2D eigenvalue weighted by molar-refractivity contribution is 0.102. The molecule has 0 saturated heterocycles. The van der Waals surface area contributed by atoms with Gasteiger partial charge in [-0.05, 0) is 43.4 Å². The molecule has 104 valence electrons. The van der Waals surface area contributed by atoms with E-state index in [-0.39, 0.29) is 5.91 Å². The molecule has 1 heterocycles. The van der Waals surface area contributed by atoms with Crippen molar-refractivity contribution in [2.75, 3.05) is 5.32 Å². The molecule has 1 aromatic heterocycles. The van der Waals surface area contributed by atoms with Crippen molar-refractivity contribution in [2.45, 2.75) is 26.2 Å². The molecule has 0 radical (unpaired) electrons. The number of amides is 1. The van der Waals surface area contributed by atoms with Crippen LogP contribution in [0.5, 0.6) is 0 Å². The molecule has 0 aliphatic heterocycles. The van der Waals surface area contributed by atoms with Crippen LogP contribution < -0.4 is 5.32 Å². The molecule has 0 bridgehead atoms. The normalized spacial score (nSPS) is 17.6. The monoisotopic (exact) mass is 350 g/mol. The Hall–Kier alpha value is -1.20. The molecule has 1 aliphatic carbocycles. The molecule has 1 N–H and O–H groups in total. The number of carbonyl (C=O) groups is 1. The molecule has 1 amide bonds. The summed E-state index contributed by atoms with van der Waals surface area (Å²) in [4.78, 5) is 18.1. The molecule has 20 heavy (non-hydrogen) atoms. The van der Waals surface area contributed by atoms with Crippen molar-refractivity contribution in [2.24, 2.45) is 5.92 Å². The second-order valence-electron chi connectivity index (χ2n) is 5.20. The van der Waals surface area contributed by atoms with E-state index in [1.807, 2.05) is 18.2 Å². The Morgan fingerprint density at radius 2 is 2.35 bits per heavy atom. The molecule has 1 atom stereocenters. The Balaban J connectivity index is 1.77. The maximum absolute atomic E-state index is 12.2. The number of halogens is 1. The topological polar surface area (TPSA) is 42.0 Å². The largest absolute Gasteiger partial charge is 0.298 e. The number of hydrogen-bond acceptors (Lipinski definition) is 3. The lowest BCUT2D eigenvalue weighted by Gasteiger charge is -2.15. The quantitative estimate of drug-likeness (QED) is 0.877. The van der Waals surface area contributed by atoms with Crippen molar-refractivity contribution in [3.05, 3.63) is 44.9 Å². The minimum atomic E-state index is -0.106. The van der Waals surface area contributed by atoms with E-state index >= 15 is 0 Å². The zero-order valence-corrected chi connectivity index (χ0v) is 13.6. The van der Waals surface area contributed by atoms with Crippen LogP contribution in [0.25, 0.3) is 0 Å². The number of aromatic nitrogens is 1. The molecule has 1 aromatic carbocycles. The number of thiazole rings is 1. The number of hydrogen-bond donors (Lipinski definition) is 1. The van der Waals surface area contributed by atoms with Crippen LogP contribution in [0.4, 0.5) is 5.13 Å². The molecule has 3 nitrogen and oxygen atoms in total. The zero-order valence-electron chi connectivity index (χ0n) is 11.1. The third-order valence-electron chi connectivity index (χ3n) is 3.49. The summed E-state index contributed by atoms with van der Waals surface area (Å²) in [6.07, 6.45) is 3.30. The predicted molar refractivity (Wildman–Crippen MR) is 85.4 cm³/mol. The lowest BCUT2D eigenvalue weighted by atomic mass is 9.93. The number of nitrogens with one attached hydrogen (secondary N) is 1. The van der Waals surface area contributed by atoms with Crippen LogP contribution >= 0.6 is 27.3 Å². The van der Waals surface area contributed by atoms with E-state index in [1.54, 1.807) is 17.4 Å². The first-order chi connectivity index (χ1) is 9.61. The van der Waals surface area contributed by atoms with Gasteiger partial charge in [-0.3, -0.25) is 10.1 Å². The Kier molecular flexibility index (Phi) is 3.89.